The van der Waals surface area contributed by atoms with Crippen LogP contribution in [0.3, 0.4) is 0 Å². The van der Waals surface area contributed by atoms with Crippen LogP contribution in [0.1, 0.15) is 23.6 Å². The molecule has 0 spiro atoms. The molecule has 5 heteroatoms. The number of hydrogen-bond donors (Lipinski definition) is 2. The van der Waals surface area contributed by atoms with Crippen LogP contribution < -0.4 is 10.6 Å². The predicted octanol–water partition coefficient (Wildman–Crippen LogP) is 1.66. The Morgan fingerprint density at radius 1 is 1.50 bits per heavy atom. The number of hydrogen-bond acceptors (Lipinski definition) is 2. The van der Waals surface area contributed by atoms with Crippen LogP contribution in [0.4, 0.5) is 4.39 Å². The molecule has 0 saturated carbocycles. The van der Waals surface area contributed by atoms with E-state index in [0.717, 1.165) is 12.8 Å². The molecule has 4 nitrogen and oxygen atoms in total. The lowest BCUT2D eigenvalue weighted by molar-refractivity contribution is 0.489. The normalized spacial score (nSPS) is 18.0. The number of rotatable bonds is 3. The number of benzene rings is 1. The van der Waals surface area contributed by atoms with Crippen molar-refractivity contribution in [2.24, 2.45) is 4.99 Å². The number of fused-ring (bicyclic) bond motifs is 1. The number of alkyl halides is 1. The molecule has 0 fully saturated rings. The second-order valence-corrected chi connectivity index (χ2v) is 4.08. The van der Waals surface area contributed by atoms with Crippen molar-refractivity contribution in [3.63, 3.8) is 0 Å². The number of aryl methyl sites for hydroxylation is 1. The summed E-state index contributed by atoms with van der Waals surface area (Å²) in [5, 5.41) is 13.9. The fraction of sp³-hybridized carbons (Fsp3) is 0.385. The molecule has 1 aliphatic rings. The van der Waals surface area contributed by atoms with Gasteiger partial charge in [-0.05, 0) is 24.0 Å². The molecular weight excluding hydrogens is 231 g/mol. The van der Waals surface area contributed by atoms with Crippen LogP contribution in [0.2, 0.25) is 0 Å². The van der Waals surface area contributed by atoms with Gasteiger partial charge in [-0.15, -0.1) is 0 Å². The minimum Gasteiger partial charge on any atom is -0.353 e. The highest BCUT2D eigenvalue weighted by molar-refractivity contribution is 5.81. The minimum atomic E-state index is -0.493. The SMILES string of the molecule is N#CNC(=N[C@@H]1CCc2ccccc21)NCCF. The van der Waals surface area contributed by atoms with Crippen molar-refractivity contribution in [3.05, 3.63) is 35.4 Å². The van der Waals surface area contributed by atoms with Gasteiger partial charge in [0, 0.05) is 6.54 Å². The molecular formula is C13H15FN4. The van der Waals surface area contributed by atoms with Gasteiger partial charge in [-0.3, -0.25) is 5.32 Å². The molecule has 0 aliphatic heterocycles. The number of nitrogens with zero attached hydrogens (tertiary/aromatic N) is 2. The summed E-state index contributed by atoms with van der Waals surface area (Å²) >= 11 is 0. The Hall–Kier alpha value is -2.09. The van der Waals surface area contributed by atoms with Crippen molar-refractivity contribution in [2.45, 2.75) is 18.9 Å². The van der Waals surface area contributed by atoms with Gasteiger partial charge in [-0.1, -0.05) is 24.3 Å². The first-order chi connectivity index (χ1) is 8.85. The lowest BCUT2D eigenvalue weighted by atomic mass is 10.1. The van der Waals surface area contributed by atoms with Crippen molar-refractivity contribution >= 4 is 5.96 Å². The van der Waals surface area contributed by atoms with Gasteiger partial charge < -0.3 is 5.32 Å². The monoisotopic (exact) mass is 246 g/mol. The van der Waals surface area contributed by atoms with Gasteiger partial charge in [0.15, 0.2) is 6.19 Å². The third-order valence-electron chi connectivity index (χ3n) is 2.95. The van der Waals surface area contributed by atoms with E-state index >= 15 is 0 Å². The van der Waals surface area contributed by atoms with E-state index in [0.29, 0.717) is 5.96 Å². The molecule has 0 amide bonds. The Morgan fingerprint density at radius 3 is 3.11 bits per heavy atom. The molecule has 0 radical (unpaired) electrons. The summed E-state index contributed by atoms with van der Waals surface area (Å²) in [4.78, 5) is 4.45. The summed E-state index contributed by atoms with van der Waals surface area (Å²) in [5.74, 6) is 0.344. The topological polar surface area (TPSA) is 60.2 Å². The van der Waals surface area contributed by atoms with E-state index in [1.165, 1.54) is 11.1 Å². The maximum absolute atomic E-state index is 12.1. The maximum Gasteiger partial charge on any atom is 0.205 e. The Bertz CT molecular complexity index is 478. The lowest BCUT2D eigenvalue weighted by Gasteiger charge is -2.10. The molecule has 0 bridgehead atoms. The number of aliphatic imine (C=N–C) groups is 1. The first-order valence-corrected chi connectivity index (χ1v) is 5.95. The zero-order chi connectivity index (χ0) is 12.8. The summed E-state index contributed by atoms with van der Waals surface area (Å²) in [5.41, 5.74) is 2.49. The molecule has 2 N–H and O–H groups in total. The molecule has 18 heavy (non-hydrogen) atoms. The molecule has 1 aromatic carbocycles. The predicted molar refractivity (Wildman–Crippen MR) is 67.7 cm³/mol. The van der Waals surface area contributed by atoms with Crippen LogP contribution in [-0.2, 0) is 6.42 Å². The summed E-state index contributed by atoms with van der Waals surface area (Å²) in [7, 11) is 0. The molecule has 1 aliphatic carbocycles. The standard InChI is InChI=1S/C13H15FN4/c14-7-8-16-13(17-9-15)18-12-6-5-10-3-1-2-4-11(10)12/h1-4,12H,5-8H2,(H2,16,17,18)/t12-/m1/s1. The third-order valence-corrected chi connectivity index (χ3v) is 2.95. The average Bonchev–Trinajstić information content (AvgIpc) is 2.80. The Morgan fingerprint density at radius 2 is 2.33 bits per heavy atom. The molecule has 0 aromatic heterocycles. The van der Waals surface area contributed by atoms with Gasteiger partial charge >= 0.3 is 0 Å². The van der Waals surface area contributed by atoms with E-state index in [9.17, 15) is 4.39 Å². The van der Waals surface area contributed by atoms with Crippen molar-refractivity contribution in [1.82, 2.24) is 10.6 Å². The number of halogens is 1. The molecule has 2 rings (SSSR count). The zero-order valence-electron chi connectivity index (χ0n) is 9.99. The van der Waals surface area contributed by atoms with Crippen LogP contribution in [0.25, 0.3) is 0 Å². The lowest BCUT2D eigenvalue weighted by Crippen LogP contribution is -2.36. The molecule has 0 saturated heterocycles. The van der Waals surface area contributed by atoms with Gasteiger partial charge in [0.25, 0.3) is 0 Å². The van der Waals surface area contributed by atoms with Crippen molar-refractivity contribution < 1.29 is 4.39 Å². The highest BCUT2D eigenvalue weighted by Gasteiger charge is 2.21. The number of nitrogens with one attached hydrogen (secondary N) is 2. The van der Waals surface area contributed by atoms with E-state index in [1.807, 2.05) is 18.3 Å². The third kappa shape index (κ3) is 2.77. The first kappa shape index (κ1) is 12.4. The fourth-order valence-electron chi connectivity index (χ4n) is 2.17. The smallest absolute Gasteiger partial charge is 0.205 e. The first-order valence-electron chi connectivity index (χ1n) is 5.95. The Labute approximate surface area is 106 Å². The minimum absolute atomic E-state index is 0.0455. The van der Waals surface area contributed by atoms with Crippen LogP contribution >= 0.6 is 0 Å². The van der Waals surface area contributed by atoms with E-state index < -0.39 is 6.67 Å². The van der Waals surface area contributed by atoms with E-state index in [-0.39, 0.29) is 12.6 Å². The molecule has 94 valence electrons. The number of nitriles is 1. The quantitative estimate of drug-likeness (QED) is 0.369. The number of guanidine groups is 1. The maximum atomic E-state index is 12.1. The molecule has 1 aromatic rings. The summed E-state index contributed by atoms with van der Waals surface area (Å²) in [6.07, 6.45) is 3.73. The van der Waals surface area contributed by atoms with E-state index in [2.05, 4.69) is 27.8 Å². The average molecular weight is 246 g/mol. The van der Waals surface area contributed by atoms with E-state index in [1.54, 1.807) is 0 Å². The van der Waals surface area contributed by atoms with Crippen molar-refractivity contribution in [3.8, 4) is 6.19 Å². The van der Waals surface area contributed by atoms with E-state index in [4.69, 9.17) is 5.26 Å². The largest absolute Gasteiger partial charge is 0.353 e. The van der Waals surface area contributed by atoms with Crippen LogP contribution in [0.5, 0.6) is 0 Å². The molecule has 1 atom stereocenters. The fourth-order valence-corrected chi connectivity index (χ4v) is 2.17. The van der Waals surface area contributed by atoms with Crippen LogP contribution in [0, 0.1) is 11.5 Å². The van der Waals surface area contributed by atoms with Gasteiger partial charge in [-0.2, -0.15) is 5.26 Å². The van der Waals surface area contributed by atoms with Crippen LogP contribution in [-0.4, -0.2) is 19.2 Å². The summed E-state index contributed by atoms with van der Waals surface area (Å²) in [6.45, 7) is -0.338. The van der Waals surface area contributed by atoms with Gasteiger partial charge in [0.2, 0.25) is 5.96 Å². The molecule has 0 unspecified atom stereocenters. The Kier molecular flexibility index (Phi) is 4.13. The Balaban J connectivity index is 2.14. The van der Waals surface area contributed by atoms with Gasteiger partial charge in [0.1, 0.15) is 6.67 Å². The van der Waals surface area contributed by atoms with Crippen LogP contribution in [0.15, 0.2) is 29.3 Å². The second-order valence-electron chi connectivity index (χ2n) is 4.08. The van der Waals surface area contributed by atoms with Crippen molar-refractivity contribution in [2.75, 3.05) is 13.2 Å². The molecule has 0 heterocycles. The highest BCUT2D eigenvalue weighted by Crippen LogP contribution is 2.33. The summed E-state index contributed by atoms with van der Waals surface area (Å²) < 4.78 is 12.1. The van der Waals surface area contributed by atoms with Gasteiger partial charge in [0.05, 0.1) is 6.04 Å². The highest BCUT2D eigenvalue weighted by atomic mass is 19.1. The zero-order valence-corrected chi connectivity index (χ0v) is 9.99. The summed E-state index contributed by atoms with van der Waals surface area (Å²) in [6, 6.07) is 8.19. The second kappa shape index (κ2) is 6.01. The van der Waals surface area contributed by atoms with Crippen molar-refractivity contribution in [1.29, 1.82) is 5.26 Å². The van der Waals surface area contributed by atoms with Gasteiger partial charge in [-0.25, -0.2) is 9.38 Å².